The van der Waals surface area contributed by atoms with E-state index in [2.05, 4.69) is 31.9 Å². The summed E-state index contributed by atoms with van der Waals surface area (Å²) in [7, 11) is -3.81. The van der Waals surface area contributed by atoms with E-state index in [1.54, 1.807) is 0 Å². The second kappa shape index (κ2) is 6.34. The number of aliphatic hydroxyl groups is 2. The summed E-state index contributed by atoms with van der Waals surface area (Å²) in [6, 6.07) is 0. The van der Waals surface area contributed by atoms with Gasteiger partial charge in [0.05, 0.1) is 0 Å². The Morgan fingerprint density at radius 2 is 1.31 bits per heavy atom. The van der Waals surface area contributed by atoms with Crippen molar-refractivity contribution in [2.24, 2.45) is 0 Å². The third-order valence-corrected chi connectivity index (χ3v) is 4.37. The molecular formula is C6H12Br2O4S. The Bertz CT molecular complexity index is 211. The fraction of sp³-hybridized carbons (Fsp3) is 1.00. The molecule has 2 N–H and O–H groups in total. The minimum Gasteiger partial charge on any atom is -0.377 e. The Hall–Kier alpha value is 0.830. The van der Waals surface area contributed by atoms with Crippen LogP contribution >= 0.6 is 31.9 Å². The monoisotopic (exact) mass is 338 g/mol. The average molecular weight is 340 g/mol. The fourth-order valence-electron chi connectivity index (χ4n) is 0.697. The molecule has 0 fully saturated rings. The van der Waals surface area contributed by atoms with E-state index in [1.807, 2.05) is 0 Å². The van der Waals surface area contributed by atoms with Gasteiger partial charge in [0.25, 0.3) is 0 Å². The Labute approximate surface area is 94.5 Å². The molecule has 0 aromatic carbocycles. The highest BCUT2D eigenvalue weighted by molar-refractivity contribution is 9.09. The average Bonchev–Trinajstić information content (AvgIpc) is 2.05. The molecule has 0 bridgehead atoms. The van der Waals surface area contributed by atoms with E-state index in [9.17, 15) is 18.6 Å². The predicted molar refractivity (Wildman–Crippen MR) is 57.8 cm³/mol. The van der Waals surface area contributed by atoms with Crippen LogP contribution < -0.4 is 0 Å². The second-order valence-corrected chi connectivity index (χ2v) is 6.31. The van der Waals surface area contributed by atoms with Gasteiger partial charge < -0.3 is 10.2 Å². The van der Waals surface area contributed by atoms with E-state index in [0.717, 1.165) is 0 Å². The first kappa shape index (κ1) is 13.8. The molecule has 0 spiro atoms. The van der Waals surface area contributed by atoms with E-state index in [1.165, 1.54) is 0 Å². The number of hydrogen-bond donors (Lipinski definition) is 2. The Kier molecular flexibility index (Phi) is 6.74. The maximum absolute atomic E-state index is 11.3. The van der Waals surface area contributed by atoms with Crippen molar-refractivity contribution in [2.75, 3.05) is 10.7 Å². The van der Waals surface area contributed by atoms with Crippen molar-refractivity contribution in [3.05, 3.63) is 0 Å². The summed E-state index contributed by atoms with van der Waals surface area (Å²) in [5, 5.41) is 19.1. The van der Waals surface area contributed by atoms with Gasteiger partial charge in [-0.2, -0.15) is 0 Å². The molecule has 2 unspecified atom stereocenters. The first-order valence-corrected chi connectivity index (χ1v) is 7.52. The normalized spacial score (nSPS) is 16.9. The van der Waals surface area contributed by atoms with Crippen LogP contribution in [0.4, 0.5) is 0 Å². The Balaban J connectivity index is 4.37. The van der Waals surface area contributed by atoms with Crippen molar-refractivity contribution in [1.29, 1.82) is 0 Å². The molecule has 2 atom stereocenters. The maximum atomic E-state index is 11.3. The molecule has 0 aliphatic heterocycles. The summed E-state index contributed by atoms with van der Waals surface area (Å²) in [6.45, 7) is 0. The van der Waals surface area contributed by atoms with Crippen LogP contribution in [-0.2, 0) is 9.84 Å². The minimum absolute atomic E-state index is 0.0850. The van der Waals surface area contributed by atoms with E-state index < -0.39 is 20.7 Å². The largest absolute Gasteiger partial charge is 0.377 e. The summed E-state index contributed by atoms with van der Waals surface area (Å²) >= 11 is 6.03. The number of rotatable bonds is 6. The highest BCUT2D eigenvalue weighted by atomic mass is 79.9. The van der Waals surface area contributed by atoms with Gasteiger partial charge in [0, 0.05) is 10.7 Å². The zero-order valence-corrected chi connectivity index (χ0v) is 10.8. The van der Waals surface area contributed by atoms with Gasteiger partial charge in [-0.05, 0) is 12.8 Å². The van der Waals surface area contributed by atoms with Crippen molar-refractivity contribution in [2.45, 2.75) is 23.7 Å². The van der Waals surface area contributed by atoms with Crippen LogP contribution in [0.1, 0.15) is 12.8 Å². The summed E-state index contributed by atoms with van der Waals surface area (Å²) in [6.07, 6.45) is 0.170. The topological polar surface area (TPSA) is 74.6 Å². The lowest BCUT2D eigenvalue weighted by Gasteiger charge is -2.15. The van der Waals surface area contributed by atoms with Crippen LogP contribution in [-0.4, -0.2) is 40.2 Å². The van der Waals surface area contributed by atoms with Gasteiger partial charge in [0.15, 0.2) is 10.9 Å². The van der Waals surface area contributed by atoms with Crippen LogP contribution in [0.25, 0.3) is 0 Å². The van der Waals surface area contributed by atoms with Crippen molar-refractivity contribution >= 4 is 41.7 Å². The highest BCUT2D eigenvalue weighted by Gasteiger charge is 2.29. The highest BCUT2D eigenvalue weighted by Crippen LogP contribution is 2.13. The molecule has 0 aromatic rings. The third-order valence-electron chi connectivity index (χ3n) is 1.47. The van der Waals surface area contributed by atoms with Gasteiger partial charge in [-0.15, -0.1) is 0 Å². The van der Waals surface area contributed by atoms with Gasteiger partial charge in [-0.1, -0.05) is 31.9 Å². The van der Waals surface area contributed by atoms with Crippen molar-refractivity contribution < 1.29 is 18.6 Å². The van der Waals surface area contributed by atoms with E-state index in [0.29, 0.717) is 10.7 Å². The molecule has 7 heteroatoms. The molecule has 0 radical (unpaired) electrons. The third kappa shape index (κ3) is 4.24. The number of aliphatic hydroxyl groups excluding tert-OH is 2. The second-order valence-electron chi connectivity index (χ2n) is 2.45. The number of hydrogen-bond acceptors (Lipinski definition) is 4. The summed E-state index contributed by atoms with van der Waals surface area (Å²) in [4.78, 5) is 0. The van der Waals surface area contributed by atoms with Crippen LogP contribution in [0.5, 0.6) is 0 Å². The molecule has 13 heavy (non-hydrogen) atoms. The molecule has 0 rings (SSSR count). The van der Waals surface area contributed by atoms with Crippen LogP contribution in [0, 0.1) is 0 Å². The van der Waals surface area contributed by atoms with Crippen molar-refractivity contribution in [1.82, 2.24) is 0 Å². The van der Waals surface area contributed by atoms with Gasteiger partial charge >= 0.3 is 0 Å². The van der Waals surface area contributed by atoms with Gasteiger partial charge in [-0.25, -0.2) is 8.42 Å². The molecule has 0 aromatic heterocycles. The van der Waals surface area contributed by atoms with E-state index in [-0.39, 0.29) is 12.8 Å². The molecule has 0 saturated heterocycles. The summed E-state index contributed by atoms with van der Waals surface area (Å²) < 4.78 is 22.5. The summed E-state index contributed by atoms with van der Waals surface area (Å²) in [5.74, 6) is 0. The molecule has 0 saturated carbocycles. The van der Waals surface area contributed by atoms with Crippen LogP contribution in [0.15, 0.2) is 0 Å². The van der Waals surface area contributed by atoms with Crippen LogP contribution in [0.2, 0.25) is 0 Å². The fourth-order valence-corrected chi connectivity index (χ4v) is 3.43. The molecular weight excluding hydrogens is 328 g/mol. The molecule has 0 heterocycles. The smallest absolute Gasteiger partial charge is 0.203 e. The van der Waals surface area contributed by atoms with Gasteiger partial charge in [-0.3, -0.25) is 0 Å². The standard InChI is InChI=1S/C6H12Br2O4S/c7-3-1-5(9)13(11,12)6(10)2-4-8/h5-6,9-10H,1-4H2. The number of sulfone groups is 1. The minimum atomic E-state index is -3.81. The quantitative estimate of drug-likeness (QED) is 0.695. The first-order chi connectivity index (χ1) is 5.96. The van der Waals surface area contributed by atoms with Crippen LogP contribution in [0.3, 0.4) is 0 Å². The lowest BCUT2D eigenvalue weighted by Crippen LogP contribution is -2.32. The lowest BCUT2D eigenvalue weighted by atomic mass is 10.5. The summed E-state index contributed by atoms with van der Waals surface area (Å²) in [5.41, 5.74) is -2.97. The Morgan fingerprint density at radius 1 is 1.00 bits per heavy atom. The Morgan fingerprint density at radius 3 is 1.54 bits per heavy atom. The van der Waals surface area contributed by atoms with Gasteiger partial charge in [0.1, 0.15) is 0 Å². The molecule has 0 amide bonds. The zero-order chi connectivity index (χ0) is 10.5. The maximum Gasteiger partial charge on any atom is 0.203 e. The molecule has 4 nitrogen and oxygen atoms in total. The van der Waals surface area contributed by atoms with Gasteiger partial charge in [0.2, 0.25) is 9.84 Å². The van der Waals surface area contributed by atoms with Crippen molar-refractivity contribution in [3.8, 4) is 0 Å². The predicted octanol–water partition coefficient (Wildman–Crippen LogP) is 0.608. The number of halogens is 2. The molecule has 0 aliphatic rings. The first-order valence-electron chi connectivity index (χ1n) is 3.67. The molecule has 0 aliphatic carbocycles. The number of alkyl halides is 2. The van der Waals surface area contributed by atoms with E-state index >= 15 is 0 Å². The SMILES string of the molecule is O=S(=O)(C(O)CCBr)C(O)CCBr. The lowest BCUT2D eigenvalue weighted by molar-refractivity contribution is 0.208. The van der Waals surface area contributed by atoms with Crippen molar-refractivity contribution in [3.63, 3.8) is 0 Å². The molecule has 80 valence electrons. The van der Waals surface area contributed by atoms with E-state index in [4.69, 9.17) is 0 Å². The zero-order valence-electron chi connectivity index (χ0n) is 6.86.